The van der Waals surface area contributed by atoms with Crippen molar-refractivity contribution in [2.75, 3.05) is 0 Å². The number of halogens is 1. The predicted molar refractivity (Wildman–Crippen MR) is 109 cm³/mol. The smallest absolute Gasteiger partial charge is 0.335 e. The number of aryl methyl sites for hydroxylation is 1. The van der Waals surface area contributed by atoms with E-state index in [1.807, 2.05) is 37.3 Å². The minimum Gasteiger partial charge on any atom is -0.494 e. The highest BCUT2D eigenvalue weighted by Crippen LogP contribution is 2.33. The highest BCUT2D eigenvalue weighted by molar-refractivity contribution is 9.10. The highest BCUT2D eigenvalue weighted by atomic mass is 79.9. The van der Waals surface area contributed by atoms with Gasteiger partial charge in [-0.3, -0.25) is 14.8 Å². The number of fused-ring (bicyclic) bond motifs is 1. The summed E-state index contributed by atoms with van der Waals surface area (Å²) in [7, 11) is 0. The number of hydrogen-bond donors (Lipinski definition) is 2. The summed E-state index contributed by atoms with van der Waals surface area (Å²) in [5.41, 5.74) is 2.21. The zero-order valence-corrected chi connectivity index (χ0v) is 15.8. The fourth-order valence-corrected chi connectivity index (χ4v) is 3.55. The lowest BCUT2D eigenvalue weighted by atomic mass is 10.1. The molecule has 0 saturated carbocycles. The zero-order chi connectivity index (χ0) is 19.1. The Morgan fingerprint density at radius 3 is 2.74 bits per heavy atom. The zero-order valence-electron chi connectivity index (χ0n) is 14.2. The van der Waals surface area contributed by atoms with E-state index in [4.69, 9.17) is 0 Å². The second-order valence-corrected chi connectivity index (χ2v) is 7.05. The van der Waals surface area contributed by atoms with E-state index in [2.05, 4.69) is 25.9 Å². The molecule has 4 rings (SSSR count). The third-order valence-electron chi connectivity index (χ3n) is 4.38. The Morgan fingerprint density at radius 2 is 1.96 bits per heavy atom. The summed E-state index contributed by atoms with van der Waals surface area (Å²) in [4.78, 5) is 31.3. The lowest BCUT2D eigenvalue weighted by Gasteiger charge is -2.13. The van der Waals surface area contributed by atoms with Crippen LogP contribution in [0.15, 0.2) is 61.5 Å². The molecule has 0 atom stereocenters. The molecule has 0 bridgehead atoms. The molecule has 0 saturated heterocycles. The first-order chi connectivity index (χ1) is 13.0. The van der Waals surface area contributed by atoms with Crippen LogP contribution in [0.4, 0.5) is 5.69 Å². The maximum atomic E-state index is 12.4. The number of aromatic nitrogens is 2. The molecule has 1 aromatic heterocycles. The third-order valence-corrected chi connectivity index (χ3v) is 4.87. The molecule has 2 aromatic carbocycles. The van der Waals surface area contributed by atoms with Crippen molar-refractivity contribution in [3.63, 3.8) is 0 Å². The molecule has 7 heteroatoms. The number of nitrogens with zero attached hydrogens (tertiary/aromatic N) is 2. The van der Waals surface area contributed by atoms with Gasteiger partial charge in [-0.2, -0.15) is 0 Å². The Morgan fingerprint density at radius 1 is 1.19 bits per heavy atom. The van der Waals surface area contributed by atoms with Gasteiger partial charge in [-0.05, 0) is 42.8 Å². The number of aromatic hydroxyl groups is 1. The number of allylic oxidation sites excluding steroid dienone is 1. The van der Waals surface area contributed by atoms with E-state index < -0.39 is 17.1 Å². The van der Waals surface area contributed by atoms with Crippen molar-refractivity contribution in [1.29, 1.82) is 0 Å². The van der Waals surface area contributed by atoms with Crippen LogP contribution in [0.3, 0.4) is 0 Å². The van der Waals surface area contributed by atoms with Crippen molar-refractivity contribution < 1.29 is 5.11 Å². The topological polar surface area (TPSA) is 87.4 Å². The number of aliphatic imine (C=N–C) groups is 1. The normalized spacial score (nSPS) is 13.9. The lowest BCUT2D eigenvalue weighted by Crippen LogP contribution is -2.30. The Labute approximate surface area is 162 Å². The average Bonchev–Trinajstić information content (AvgIpc) is 3.03. The van der Waals surface area contributed by atoms with Crippen molar-refractivity contribution in [2.24, 2.45) is 4.99 Å². The Bertz CT molecular complexity index is 1250. The van der Waals surface area contributed by atoms with Gasteiger partial charge < -0.3 is 5.11 Å². The molecule has 1 aliphatic rings. The van der Waals surface area contributed by atoms with E-state index in [0.717, 1.165) is 25.9 Å². The number of para-hydroxylation sites is 1. The molecule has 0 fully saturated rings. The van der Waals surface area contributed by atoms with Crippen molar-refractivity contribution >= 4 is 39.5 Å². The second kappa shape index (κ2) is 6.51. The molecule has 0 unspecified atom stereocenters. The van der Waals surface area contributed by atoms with Crippen LogP contribution in [0.25, 0.3) is 17.3 Å². The molecule has 134 valence electrons. The van der Waals surface area contributed by atoms with Gasteiger partial charge in [-0.15, -0.1) is 0 Å². The van der Waals surface area contributed by atoms with Gasteiger partial charge >= 0.3 is 5.69 Å². The van der Waals surface area contributed by atoms with Crippen molar-refractivity contribution in [1.82, 2.24) is 9.55 Å². The fourth-order valence-electron chi connectivity index (χ4n) is 3.07. The molecule has 0 amide bonds. The number of rotatable bonds is 2. The monoisotopic (exact) mass is 423 g/mol. The molecule has 2 heterocycles. The Kier molecular flexibility index (Phi) is 4.16. The van der Waals surface area contributed by atoms with E-state index in [9.17, 15) is 14.7 Å². The van der Waals surface area contributed by atoms with Gasteiger partial charge in [0.2, 0.25) is 5.88 Å². The van der Waals surface area contributed by atoms with E-state index in [1.165, 1.54) is 6.08 Å². The standard InChI is InChI=1S/C20H14BrN3O3/c1-11-8-13(21)6-7-17(11)24-19(26)15(18(25)23-20(24)27)9-12-10-22-16-5-3-2-4-14(12)16/h2-10,26H,1H3,(H,23,25,27)/b12-9-. The van der Waals surface area contributed by atoms with Crippen LogP contribution in [-0.2, 0) is 0 Å². The minimum atomic E-state index is -0.703. The van der Waals surface area contributed by atoms with Gasteiger partial charge in [0.05, 0.1) is 11.4 Å². The first-order valence-corrected chi connectivity index (χ1v) is 8.95. The Hall–Kier alpha value is -3.19. The summed E-state index contributed by atoms with van der Waals surface area (Å²) in [6.45, 7) is 1.81. The van der Waals surface area contributed by atoms with E-state index >= 15 is 0 Å². The summed E-state index contributed by atoms with van der Waals surface area (Å²) >= 11 is 3.37. The number of hydrogen-bond acceptors (Lipinski definition) is 4. The van der Waals surface area contributed by atoms with Gasteiger partial charge in [0.15, 0.2) is 0 Å². The number of aromatic amines is 1. The average molecular weight is 424 g/mol. The molecular formula is C20H14BrN3O3. The molecule has 0 aliphatic carbocycles. The van der Waals surface area contributed by atoms with Gasteiger partial charge in [0.1, 0.15) is 5.56 Å². The quantitative estimate of drug-likeness (QED) is 0.660. The summed E-state index contributed by atoms with van der Waals surface area (Å²) in [6, 6.07) is 12.8. The van der Waals surface area contributed by atoms with Gasteiger partial charge in [-0.1, -0.05) is 34.1 Å². The fraction of sp³-hybridized carbons (Fsp3) is 0.0500. The van der Waals surface area contributed by atoms with Gasteiger partial charge in [0.25, 0.3) is 5.56 Å². The molecule has 3 aromatic rings. The number of nitrogens with one attached hydrogen (secondary N) is 1. The highest BCUT2D eigenvalue weighted by Gasteiger charge is 2.18. The van der Waals surface area contributed by atoms with Crippen LogP contribution < -0.4 is 11.2 Å². The summed E-state index contributed by atoms with van der Waals surface area (Å²) in [5, 5.41) is 10.7. The lowest BCUT2D eigenvalue weighted by molar-refractivity contribution is 0.429. The molecule has 6 nitrogen and oxygen atoms in total. The summed E-state index contributed by atoms with van der Waals surface area (Å²) < 4.78 is 1.94. The SMILES string of the molecule is Cc1cc(Br)ccc1-n1c(O)c(/C=C2/C=Nc3ccccc32)c(=O)[nH]c1=O. The largest absolute Gasteiger partial charge is 0.494 e. The van der Waals surface area contributed by atoms with Crippen molar-refractivity contribution in [3.05, 3.63) is 84.5 Å². The summed E-state index contributed by atoms with van der Waals surface area (Å²) in [6.07, 6.45) is 3.16. The van der Waals surface area contributed by atoms with Gasteiger partial charge in [0, 0.05) is 21.8 Å². The van der Waals surface area contributed by atoms with Crippen LogP contribution in [0.2, 0.25) is 0 Å². The number of H-pyrrole nitrogens is 1. The maximum absolute atomic E-state index is 12.4. The van der Waals surface area contributed by atoms with Crippen molar-refractivity contribution in [2.45, 2.75) is 6.92 Å². The third kappa shape index (κ3) is 2.96. The van der Waals surface area contributed by atoms with Crippen LogP contribution >= 0.6 is 15.9 Å². The number of benzene rings is 2. The van der Waals surface area contributed by atoms with Crippen LogP contribution in [0.5, 0.6) is 5.88 Å². The van der Waals surface area contributed by atoms with Crippen LogP contribution in [-0.4, -0.2) is 20.9 Å². The summed E-state index contributed by atoms with van der Waals surface area (Å²) in [5.74, 6) is -0.417. The van der Waals surface area contributed by atoms with Gasteiger partial charge in [-0.25, -0.2) is 9.36 Å². The van der Waals surface area contributed by atoms with E-state index in [1.54, 1.807) is 18.3 Å². The molecule has 1 aliphatic heterocycles. The van der Waals surface area contributed by atoms with Crippen LogP contribution in [0, 0.1) is 6.92 Å². The van der Waals surface area contributed by atoms with E-state index in [0.29, 0.717) is 11.3 Å². The molecular weight excluding hydrogens is 410 g/mol. The molecule has 0 spiro atoms. The predicted octanol–water partition coefficient (Wildman–Crippen LogP) is 3.56. The molecule has 27 heavy (non-hydrogen) atoms. The molecule has 0 radical (unpaired) electrons. The first kappa shape index (κ1) is 17.2. The first-order valence-electron chi connectivity index (χ1n) is 8.15. The Balaban J connectivity index is 1.94. The maximum Gasteiger partial charge on any atom is 0.335 e. The van der Waals surface area contributed by atoms with Crippen molar-refractivity contribution in [3.8, 4) is 11.6 Å². The second-order valence-electron chi connectivity index (χ2n) is 6.14. The van der Waals surface area contributed by atoms with Crippen LogP contribution in [0.1, 0.15) is 16.7 Å². The van der Waals surface area contributed by atoms with E-state index in [-0.39, 0.29) is 5.56 Å². The molecule has 2 N–H and O–H groups in total. The minimum absolute atomic E-state index is 0.00456.